The van der Waals surface area contributed by atoms with Gasteiger partial charge in [-0.25, -0.2) is 4.98 Å². The van der Waals surface area contributed by atoms with Crippen molar-refractivity contribution in [2.45, 2.75) is 12.1 Å². The minimum absolute atomic E-state index is 0.118. The second-order valence-electron chi connectivity index (χ2n) is 7.79. The molecular weight excluding hydrogens is 476 g/mol. The number of benzene rings is 3. The van der Waals surface area contributed by atoms with Crippen molar-refractivity contribution < 1.29 is 14.3 Å². The lowest BCUT2D eigenvalue weighted by Crippen LogP contribution is -2.15. The van der Waals surface area contributed by atoms with Gasteiger partial charge in [-0.05, 0) is 61.5 Å². The van der Waals surface area contributed by atoms with Crippen LogP contribution in [0.5, 0.6) is 5.75 Å². The van der Waals surface area contributed by atoms with Crippen LogP contribution in [0.3, 0.4) is 0 Å². The Labute approximate surface area is 210 Å². The van der Waals surface area contributed by atoms with Gasteiger partial charge in [0.1, 0.15) is 11.3 Å². The monoisotopic (exact) mass is 498 g/mol. The van der Waals surface area contributed by atoms with Crippen molar-refractivity contribution in [2.75, 3.05) is 23.0 Å². The number of carbonyl (C=O) groups excluding carboxylic acids is 2. The molecule has 0 spiro atoms. The summed E-state index contributed by atoms with van der Waals surface area (Å²) in [6, 6.07) is 21.6. The molecule has 2 heterocycles. The Balaban J connectivity index is 1.15. The van der Waals surface area contributed by atoms with Gasteiger partial charge in [-0.1, -0.05) is 30.0 Å². The van der Waals surface area contributed by atoms with E-state index < -0.39 is 0 Å². The van der Waals surface area contributed by atoms with E-state index in [0.717, 1.165) is 16.7 Å². The summed E-state index contributed by atoms with van der Waals surface area (Å²) in [4.78, 5) is 32.6. The molecule has 36 heavy (non-hydrogen) atoms. The molecule has 0 radical (unpaired) electrons. The number of amides is 2. The third-order valence-electron chi connectivity index (χ3n) is 5.29. The predicted octanol–water partition coefficient (Wildman–Crippen LogP) is 4.89. The van der Waals surface area contributed by atoms with Gasteiger partial charge in [-0.2, -0.15) is 0 Å². The summed E-state index contributed by atoms with van der Waals surface area (Å²) in [6.45, 7) is 2.50. The molecule has 5 aromatic rings. The Bertz CT molecular complexity index is 1530. The van der Waals surface area contributed by atoms with Gasteiger partial charge in [0.25, 0.3) is 5.91 Å². The molecule has 0 unspecified atom stereocenters. The molecule has 2 aromatic heterocycles. The summed E-state index contributed by atoms with van der Waals surface area (Å²) in [5.41, 5.74) is 4.00. The number of nitrogens with zero attached hydrogens (tertiary/aromatic N) is 3. The Morgan fingerprint density at radius 1 is 0.917 bits per heavy atom. The van der Waals surface area contributed by atoms with Crippen molar-refractivity contribution in [3.63, 3.8) is 0 Å². The third-order valence-corrected chi connectivity index (χ3v) is 6.13. The topological polar surface area (TPSA) is 122 Å². The highest BCUT2D eigenvalue weighted by Gasteiger charge is 2.12. The highest BCUT2D eigenvalue weighted by molar-refractivity contribution is 7.99. The van der Waals surface area contributed by atoms with Crippen LogP contribution in [0.15, 0.2) is 78.0 Å². The van der Waals surface area contributed by atoms with Gasteiger partial charge in [0, 0.05) is 27.8 Å². The number of aromatic amines is 1. The van der Waals surface area contributed by atoms with Crippen LogP contribution in [-0.2, 0) is 4.79 Å². The SMILES string of the molecule is CCOc1ccc(NC(=O)c2ccc(NC(=O)CSc3nnc4c(n3)[nH]c3ccccc34)cc2)cc1. The molecule has 0 fully saturated rings. The van der Waals surface area contributed by atoms with Gasteiger partial charge >= 0.3 is 0 Å². The van der Waals surface area contributed by atoms with Crippen molar-refractivity contribution in [2.24, 2.45) is 0 Å². The minimum atomic E-state index is -0.246. The molecule has 0 saturated heterocycles. The first-order valence-electron chi connectivity index (χ1n) is 11.3. The van der Waals surface area contributed by atoms with Crippen LogP contribution < -0.4 is 15.4 Å². The maximum absolute atomic E-state index is 12.5. The van der Waals surface area contributed by atoms with E-state index >= 15 is 0 Å². The fourth-order valence-electron chi connectivity index (χ4n) is 3.60. The molecular formula is C26H22N6O3S. The van der Waals surface area contributed by atoms with Crippen LogP contribution in [0, 0.1) is 0 Å². The molecule has 0 bridgehead atoms. The highest BCUT2D eigenvalue weighted by Crippen LogP contribution is 2.23. The molecule has 0 aliphatic heterocycles. The number of fused-ring (bicyclic) bond motifs is 3. The van der Waals surface area contributed by atoms with Gasteiger partial charge in [0.15, 0.2) is 5.65 Å². The largest absolute Gasteiger partial charge is 0.494 e. The molecule has 0 aliphatic rings. The van der Waals surface area contributed by atoms with E-state index in [1.807, 2.05) is 31.2 Å². The predicted molar refractivity (Wildman–Crippen MR) is 141 cm³/mol. The molecule has 180 valence electrons. The molecule has 3 aromatic carbocycles. The first-order chi connectivity index (χ1) is 17.6. The molecule has 0 atom stereocenters. The summed E-state index contributed by atoms with van der Waals surface area (Å²) in [5.74, 6) is 0.402. The van der Waals surface area contributed by atoms with Crippen LogP contribution in [-0.4, -0.2) is 44.3 Å². The molecule has 0 saturated carbocycles. The maximum atomic E-state index is 12.5. The fraction of sp³-hybridized carbons (Fsp3) is 0.115. The summed E-state index contributed by atoms with van der Waals surface area (Å²) < 4.78 is 5.41. The number of para-hydroxylation sites is 1. The number of rotatable bonds is 8. The number of hydrogen-bond acceptors (Lipinski definition) is 7. The number of carbonyl (C=O) groups is 2. The Morgan fingerprint density at radius 3 is 2.42 bits per heavy atom. The van der Waals surface area contributed by atoms with Gasteiger partial charge in [-0.15, -0.1) is 10.2 Å². The number of anilines is 2. The lowest BCUT2D eigenvalue weighted by atomic mass is 10.2. The van der Waals surface area contributed by atoms with Crippen LogP contribution >= 0.6 is 11.8 Å². The van der Waals surface area contributed by atoms with Crippen molar-refractivity contribution in [1.29, 1.82) is 0 Å². The summed E-state index contributed by atoms with van der Waals surface area (Å²) >= 11 is 1.20. The number of H-pyrrole nitrogens is 1. The summed E-state index contributed by atoms with van der Waals surface area (Å²) in [5, 5.41) is 15.4. The van der Waals surface area contributed by atoms with Crippen molar-refractivity contribution in [3.8, 4) is 5.75 Å². The van der Waals surface area contributed by atoms with Gasteiger partial charge < -0.3 is 20.4 Å². The zero-order valence-corrected chi connectivity index (χ0v) is 20.1. The number of aromatic nitrogens is 4. The van der Waals surface area contributed by atoms with Gasteiger partial charge in [-0.3, -0.25) is 9.59 Å². The van der Waals surface area contributed by atoms with Crippen LogP contribution in [0.4, 0.5) is 11.4 Å². The van der Waals surface area contributed by atoms with Crippen molar-refractivity contribution >= 4 is 57.0 Å². The van der Waals surface area contributed by atoms with Crippen molar-refractivity contribution in [3.05, 3.63) is 78.4 Å². The smallest absolute Gasteiger partial charge is 0.255 e. The zero-order chi connectivity index (χ0) is 24.9. The summed E-state index contributed by atoms with van der Waals surface area (Å²) in [6.07, 6.45) is 0. The van der Waals surface area contributed by atoms with E-state index in [4.69, 9.17) is 4.74 Å². The highest BCUT2D eigenvalue weighted by atomic mass is 32.2. The maximum Gasteiger partial charge on any atom is 0.255 e. The number of thioether (sulfide) groups is 1. The van der Waals surface area contributed by atoms with Gasteiger partial charge in [0.05, 0.1) is 12.4 Å². The summed E-state index contributed by atoms with van der Waals surface area (Å²) in [7, 11) is 0. The van der Waals surface area contributed by atoms with E-state index in [9.17, 15) is 9.59 Å². The zero-order valence-electron chi connectivity index (χ0n) is 19.3. The molecule has 5 rings (SSSR count). The van der Waals surface area contributed by atoms with Gasteiger partial charge in [0.2, 0.25) is 11.1 Å². The quantitative estimate of drug-likeness (QED) is 0.260. The Hall–Kier alpha value is -4.44. The molecule has 10 heteroatoms. The molecule has 2 amide bonds. The standard InChI is InChI=1S/C26H22N6O3S/c1-2-35-19-13-11-18(12-14-19)28-25(34)16-7-9-17(10-8-16)27-22(33)15-36-26-30-24-23(31-32-26)20-5-3-4-6-21(20)29-24/h3-14H,2,15H2,1H3,(H,27,33)(H,28,34)(H,29,30,32). The van der Waals surface area contributed by atoms with E-state index in [0.29, 0.717) is 39.9 Å². The van der Waals surface area contributed by atoms with E-state index in [-0.39, 0.29) is 17.6 Å². The normalized spacial score (nSPS) is 10.9. The van der Waals surface area contributed by atoms with E-state index in [1.165, 1.54) is 11.8 Å². The average molecular weight is 499 g/mol. The molecule has 0 aliphatic carbocycles. The second kappa shape index (κ2) is 10.4. The number of hydrogen-bond donors (Lipinski definition) is 3. The first kappa shape index (κ1) is 23.3. The van der Waals surface area contributed by atoms with Crippen LogP contribution in [0.25, 0.3) is 22.1 Å². The second-order valence-corrected chi connectivity index (χ2v) is 8.73. The number of ether oxygens (including phenoxy) is 1. The Kier molecular flexibility index (Phi) is 6.76. The average Bonchev–Trinajstić information content (AvgIpc) is 3.27. The number of nitrogens with one attached hydrogen (secondary N) is 3. The minimum Gasteiger partial charge on any atom is -0.494 e. The van der Waals surface area contributed by atoms with E-state index in [2.05, 4.69) is 30.8 Å². The van der Waals surface area contributed by atoms with Crippen LogP contribution in [0.2, 0.25) is 0 Å². The third kappa shape index (κ3) is 5.28. The molecule has 3 N–H and O–H groups in total. The van der Waals surface area contributed by atoms with E-state index in [1.54, 1.807) is 48.5 Å². The van der Waals surface area contributed by atoms with Crippen molar-refractivity contribution in [1.82, 2.24) is 20.2 Å². The lowest BCUT2D eigenvalue weighted by molar-refractivity contribution is -0.113. The fourth-order valence-corrected chi connectivity index (χ4v) is 4.19. The Morgan fingerprint density at radius 2 is 1.64 bits per heavy atom. The molecule has 9 nitrogen and oxygen atoms in total. The van der Waals surface area contributed by atoms with Crippen LogP contribution in [0.1, 0.15) is 17.3 Å². The lowest BCUT2D eigenvalue weighted by Gasteiger charge is -2.08. The first-order valence-corrected chi connectivity index (χ1v) is 12.3.